The summed E-state index contributed by atoms with van der Waals surface area (Å²) in [5.41, 5.74) is 2.41. The summed E-state index contributed by atoms with van der Waals surface area (Å²) in [6, 6.07) is 12.7. The van der Waals surface area contributed by atoms with Gasteiger partial charge in [0.05, 0.1) is 0 Å². The zero-order valence-corrected chi connectivity index (χ0v) is 14.0. The van der Waals surface area contributed by atoms with E-state index in [9.17, 15) is 9.18 Å². The van der Waals surface area contributed by atoms with E-state index in [0.717, 1.165) is 5.56 Å². The normalized spacial score (nSPS) is 11.8. The summed E-state index contributed by atoms with van der Waals surface area (Å²) in [5, 5.41) is 5.65. The van der Waals surface area contributed by atoms with E-state index in [1.807, 2.05) is 38.2 Å². The molecule has 2 N–H and O–H groups in total. The number of nitrogens with one attached hydrogen (secondary N) is 2. The molecule has 6 heteroatoms. The number of rotatable bonds is 4. The number of urea groups is 1. The summed E-state index contributed by atoms with van der Waals surface area (Å²) < 4.78 is 15.4. The maximum Gasteiger partial charge on any atom is 0.320 e. The molecule has 1 atom stereocenters. The van der Waals surface area contributed by atoms with E-state index in [-0.39, 0.29) is 11.8 Å². The molecular formula is C19H19FN4O. The summed E-state index contributed by atoms with van der Waals surface area (Å²) in [6.07, 6.45) is 3.42. The first kappa shape index (κ1) is 16.7. The highest BCUT2D eigenvalue weighted by Gasteiger charge is 2.21. The Balaban J connectivity index is 1.83. The molecule has 2 aromatic carbocycles. The lowest BCUT2D eigenvalue weighted by Crippen LogP contribution is -2.34. The van der Waals surface area contributed by atoms with Gasteiger partial charge < -0.3 is 15.2 Å². The molecule has 0 aliphatic rings. The fourth-order valence-corrected chi connectivity index (χ4v) is 2.57. The van der Waals surface area contributed by atoms with E-state index in [1.165, 1.54) is 12.1 Å². The van der Waals surface area contributed by atoms with Crippen molar-refractivity contribution in [2.45, 2.75) is 13.0 Å². The summed E-state index contributed by atoms with van der Waals surface area (Å²) >= 11 is 0. The number of carbonyl (C=O) groups excluding carboxylic acids is 1. The molecule has 128 valence electrons. The fraction of sp³-hybridized carbons (Fsp3) is 0.158. The Bertz CT molecular complexity index is 873. The van der Waals surface area contributed by atoms with E-state index in [0.29, 0.717) is 17.1 Å². The number of halogens is 1. The smallest absolute Gasteiger partial charge is 0.320 e. The molecule has 25 heavy (non-hydrogen) atoms. The van der Waals surface area contributed by atoms with Gasteiger partial charge in [-0.15, -0.1) is 0 Å². The van der Waals surface area contributed by atoms with Gasteiger partial charge >= 0.3 is 6.03 Å². The average molecular weight is 338 g/mol. The Morgan fingerprint density at radius 3 is 2.60 bits per heavy atom. The molecule has 1 aromatic heterocycles. The van der Waals surface area contributed by atoms with Gasteiger partial charge in [-0.05, 0) is 36.8 Å². The number of hydrogen-bond acceptors (Lipinski definition) is 2. The molecule has 0 radical (unpaired) electrons. The molecule has 1 heterocycles. The fourth-order valence-electron chi connectivity index (χ4n) is 2.57. The topological polar surface area (TPSA) is 59.0 Å². The van der Waals surface area contributed by atoms with Crippen molar-refractivity contribution in [2.75, 3.05) is 5.32 Å². The SMILES string of the molecule is Cc1ccc(NC(=O)N[C@H](c2cccc(F)c2)c2nccn2C)cc1. The van der Waals surface area contributed by atoms with Gasteiger partial charge in [-0.3, -0.25) is 0 Å². The molecular weight excluding hydrogens is 319 g/mol. The second kappa shape index (κ2) is 7.17. The van der Waals surface area contributed by atoms with E-state index >= 15 is 0 Å². The molecule has 2 amide bonds. The van der Waals surface area contributed by atoms with Crippen molar-refractivity contribution in [1.82, 2.24) is 14.9 Å². The minimum Gasteiger partial charge on any atom is -0.336 e. The quantitative estimate of drug-likeness (QED) is 0.760. The van der Waals surface area contributed by atoms with Crippen LogP contribution >= 0.6 is 0 Å². The third kappa shape index (κ3) is 4.03. The van der Waals surface area contributed by atoms with Crippen LogP contribution < -0.4 is 10.6 Å². The molecule has 5 nitrogen and oxygen atoms in total. The molecule has 0 saturated carbocycles. The summed E-state index contributed by atoms with van der Waals surface area (Å²) in [4.78, 5) is 16.7. The Morgan fingerprint density at radius 2 is 1.96 bits per heavy atom. The molecule has 0 aliphatic heterocycles. The molecule has 0 bridgehead atoms. The van der Waals surface area contributed by atoms with Crippen molar-refractivity contribution in [3.63, 3.8) is 0 Å². The first-order valence-electron chi connectivity index (χ1n) is 7.90. The Kier molecular flexibility index (Phi) is 4.79. The van der Waals surface area contributed by atoms with Crippen LogP contribution in [0.15, 0.2) is 60.9 Å². The van der Waals surface area contributed by atoms with Gasteiger partial charge in [0, 0.05) is 25.1 Å². The van der Waals surface area contributed by atoms with E-state index < -0.39 is 6.04 Å². The average Bonchev–Trinajstić information content (AvgIpc) is 3.00. The lowest BCUT2D eigenvalue weighted by atomic mass is 10.1. The lowest BCUT2D eigenvalue weighted by Gasteiger charge is -2.19. The predicted molar refractivity (Wildman–Crippen MR) is 94.8 cm³/mol. The van der Waals surface area contributed by atoms with Crippen molar-refractivity contribution in [1.29, 1.82) is 0 Å². The molecule has 0 aliphatic carbocycles. The van der Waals surface area contributed by atoms with Crippen LogP contribution in [0.3, 0.4) is 0 Å². The van der Waals surface area contributed by atoms with Crippen molar-refractivity contribution >= 4 is 11.7 Å². The molecule has 0 spiro atoms. The van der Waals surface area contributed by atoms with Gasteiger partial charge in [0.25, 0.3) is 0 Å². The molecule has 0 saturated heterocycles. The van der Waals surface area contributed by atoms with Crippen molar-refractivity contribution in [3.05, 3.63) is 83.7 Å². The largest absolute Gasteiger partial charge is 0.336 e. The van der Waals surface area contributed by atoms with Crippen LogP contribution in [0.5, 0.6) is 0 Å². The van der Waals surface area contributed by atoms with Gasteiger partial charge in [-0.25, -0.2) is 14.2 Å². The van der Waals surface area contributed by atoms with Crippen LogP contribution in [0, 0.1) is 12.7 Å². The first-order valence-corrected chi connectivity index (χ1v) is 7.90. The van der Waals surface area contributed by atoms with Crippen LogP contribution in [0.4, 0.5) is 14.9 Å². The zero-order valence-electron chi connectivity index (χ0n) is 14.0. The molecule has 0 unspecified atom stereocenters. The zero-order chi connectivity index (χ0) is 17.8. The minimum atomic E-state index is -0.568. The Hall–Kier alpha value is -3.15. The van der Waals surface area contributed by atoms with Gasteiger partial charge in [0.1, 0.15) is 17.7 Å². The lowest BCUT2D eigenvalue weighted by molar-refractivity contribution is 0.249. The monoisotopic (exact) mass is 338 g/mol. The number of aryl methyl sites for hydroxylation is 2. The molecule has 3 rings (SSSR count). The van der Waals surface area contributed by atoms with Gasteiger partial charge in [-0.1, -0.05) is 29.8 Å². The second-order valence-electron chi connectivity index (χ2n) is 5.85. The number of amides is 2. The standard InChI is InChI=1S/C19H19FN4O/c1-13-6-8-16(9-7-13)22-19(25)23-17(18-21-10-11-24(18)2)14-4-3-5-15(20)12-14/h3-12,17H,1-2H3,(H2,22,23,25)/t17-/m1/s1. The summed E-state index contributed by atoms with van der Waals surface area (Å²) in [6.45, 7) is 1.98. The summed E-state index contributed by atoms with van der Waals surface area (Å²) in [5.74, 6) is 0.252. The number of aromatic nitrogens is 2. The van der Waals surface area contributed by atoms with Gasteiger partial charge in [-0.2, -0.15) is 0 Å². The van der Waals surface area contributed by atoms with Crippen molar-refractivity contribution in [2.24, 2.45) is 7.05 Å². The van der Waals surface area contributed by atoms with Gasteiger partial charge in [0.15, 0.2) is 0 Å². The minimum absolute atomic E-state index is 0.363. The van der Waals surface area contributed by atoms with Crippen LogP contribution in [-0.4, -0.2) is 15.6 Å². The van der Waals surface area contributed by atoms with E-state index in [2.05, 4.69) is 15.6 Å². The van der Waals surface area contributed by atoms with E-state index in [1.54, 1.807) is 29.1 Å². The number of anilines is 1. The number of benzene rings is 2. The first-order chi connectivity index (χ1) is 12.0. The predicted octanol–water partition coefficient (Wildman–Crippen LogP) is 3.78. The highest BCUT2D eigenvalue weighted by molar-refractivity contribution is 5.89. The number of imidazole rings is 1. The van der Waals surface area contributed by atoms with Crippen LogP contribution in [0.25, 0.3) is 0 Å². The van der Waals surface area contributed by atoms with Gasteiger partial charge in [0.2, 0.25) is 0 Å². The Labute approximate surface area is 145 Å². The Morgan fingerprint density at radius 1 is 1.20 bits per heavy atom. The third-order valence-electron chi connectivity index (χ3n) is 3.88. The van der Waals surface area contributed by atoms with Crippen LogP contribution in [0.1, 0.15) is 23.0 Å². The van der Waals surface area contributed by atoms with Crippen molar-refractivity contribution in [3.8, 4) is 0 Å². The third-order valence-corrected chi connectivity index (χ3v) is 3.88. The highest BCUT2D eigenvalue weighted by atomic mass is 19.1. The molecule has 0 fully saturated rings. The highest BCUT2D eigenvalue weighted by Crippen LogP contribution is 2.21. The summed E-state index contributed by atoms with van der Waals surface area (Å²) in [7, 11) is 1.83. The van der Waals surface area contributed by atoms with Crippen LogP contribution in [0.2, 0.25) is 0 Å². The second-order valence-corrected chi connectivity index (χ2v) is 5.85. The number of hydrogen-bond donors (Lipinski definition) is 2. The maximum absolute atomic E-state index is 13.6. The van der Waals surface area contributed by atoms with Crippen molar-refractivity contribution < 1.29 is 9.18 Å². The number of nitrogens with zero attached hydrogens (tertiary/aromatic N) is 2. The maximum atomic E-state index is 13.6. The molecule has 3 aromatic rings. The number of carbonyl (C=O) groups is 1. The van der Waals surface area contributed by atoms with E-state index in [4.69, 9.17) is 0 Å². The van der Waals surface area contributed by atoms with Crippen LogP contribution in [-0.2, 0) is 7.05 Å².